The first-order valence-corrected chi connectivity index (χ1v) is 8.98. The van der Waals surface area contributed by atoms with Gasteiger partial charge < -0.3 is 15.0 Å². The standard InChI is InChI=1S/C19H38O3/c1-18(2,14-15-20)12-10-8-6-5-7-9-11-13-19(3,4)16-17(21)22/h15,17,21-22H,5-14,16H2,1-4H3. The molecule has 0 heterocycles. The Bertz CT molecular complexity index is 282. The summed E-state index contributed by atoms with van der Waals surface area (Å²) in [6.07, 6.45) is 11.9. The van der Waals surface area contributed by atoms with Gasteiger partial charge in [0, 0.05) is 12.8 Å². The van der Waals surface area contributed by atoms with Gasteiger partial charge >= 0.3 is 0 Å². The van der Waals surface area contributed by atoms with Gasteiger partial charge in [-0.1, -0.05) is 72.6 Å². The van der Waals surface area contributed by atoms with Crippen LogP contribution in [0.2, 0.25) is 0 Å². The van der Waals surface area contributed by atoms with Gasteiger partial charge in [-0.3, -0.25) is 0 Å². The topological polar surface area (TPSA) is 57.5 Å². The minimum atomic E-state index is -1.18. The third kappa shape index (κ3) is 13.3. The molecule has 0 rings (SSSR count). The van der Waals surface area contributed by atoms with Gasteiger partial charge in [-0.05, 0) is 23.7 Å². The summed E-state index contributed by atoms with van der Waals surface area (Å²) < 4.78 is 0. The molecule has 0 aliphatic heterocycles. The van der Waals surface area contributed by atoms with Gasteiger partial charge in [-0.25, -0.2) is 0 Å². The molecule has 0 aromatic heterocycles. The van der Waals surface area contributed by atoms with E-state index in [0.29, 0.717) is 12.8 Å². The van der Waals surface area contributed by atoms with Crippen LogP contribution in [-0.4, -0.2) is 22.8 Å². The molecule has 0 fully saturated rings. The lowest BCUT2D eigenvalue weighted by molar-refractivity contribution is -0.109. The minimum absolute atomic E-state index is 0.0261. The zero-order chi connectivity index (χ0) is 17.1. The molecule has 0 aliphatic rings. The highest BCUT2D eigenvalue weighted by atomic mass is 16.5. The lowest BCUT2D eigenvalue weighted by Gasteiger charge is -2.25. The van der Waals surface area contributed by atoms with E-state index < -0.39 is 6.29 Å². The number of carbonyl (C=O) groups excluding carboxylic acids is 1. The van der Waals surface area contributed by atoms with Crippen molar-refractivity contribution in [3.05, 3.63) is 0 Å². The molecule has 0 aliphatic carbocycles. The van der Waals surface area contributed by atoms with Crippen LogP contribution in [0.4, 0.5) is 0 Å². The summed E-state index contributed by atoms with van der Waals surface area (Å²) in [6.45, 7) is 8.56. The predicted molar refractivity (Wildman–Crippen MR) is 92.6 cm³/mol. The van der Waals surface area contributed by atoms with Gasteiger partial charge in [0.25, 0.3) is 0 Å². The van der Waals surface area contributed by atoms with E-state index in [1.54, 1.807) is 0 Å². The lowest BCUT2D eigenvalue weighted by atomic mass is 9.83. The smallest absolute Gasteiger partial charge is 0.151 e. The average molecular weight is 315 g/mol. The quantitative estimate of drug-likeness (QED) is 0.274. The highest BCUT2D eigenvalue weighted by Crippen LogP contribution is 2.29. The molecular weight excluding hydrogens is 276 g/mol. The van der Waals surface area contributed by atoms with Crippen molar-refractivity contribution in [3.8, 4) is 0 Å². The zero-order valence-electron chi connectivity index (χ0n) is 15.2. The Hall–Kier alpha value is -0.410. The maximum atomic E-state index is 10.6. The van der Waals surface area contributed by atoms with E-state index in [0.717, 1.165) is 19.1 Å². The van der Waals surface area contributed by atoms with E-state index >= 15 is 0 Å². The van der Waals surface area contributed by atoms with Crippen molar-refractivity contribution in [1.82, 2.24) is 0 Å². The number of hydrogen-bond acceptors (Lipinski definition) is 3. The van der Waals surface area contributed by atoms with Gasteiger partial charge in [0.15, 0.2) is 6.29 Å². The van der Waals surface area contributed by atoms with Crippen molar-refractivity contribution in [3.63, 3.8) is 0 Å². The van der Waals surface area contributed by atoms with E-state index in [1.165, 1.54) is 44.9 Å². The fourth-order valence-corrected chi connectivity index (χ4v) is 3.01. The Labute approximate surface area is 137 Å². The van der Waals surface area contributed by atoms with Crippen LogP contribution in [0.1, 0.15) is 98.3 Å². The fraction of sp³-hybridized carbons (Fsp3) is 0.947. The molecule has 0 bridgehead atoms. The Balaban J connectivity index is 3.46. The molecule has 0 amide bonds. The predicted octanol–water partition coefficient (Wildman–Crippen LogP) is 4.84. The molecule has 2 N–H and O–H groups in total. The van der Waals surface area contributed by atoms with E-state index in [1.807, 2.05) is 0 Å². The third-order valence-corrected chi connectivity index (χ3v) is 4.58. The number of rotatable bonds is 14. The molecule has 0 aromatic carbocycles. The molecule has 0 saturated carbocycles. The van der Waals surface area contributed by atoms with E-state index in [9.17, 15) is 4.79 Å². The van der Waals surface area contributed by atoms with Gasteiger partial charge in [0.1, 0.15) is 6.29 Å². The maximum Gasteiger partial charge on any atom is 0.151 e. The van der Waals surface area contributed by atoms with E-state index in [2.05, 4.69) is 27.7 Å². The summed E-state index contributed by atoms with van der Waals surface area (Å²) in [5.41, 5.74) is 0.197. The number of hydrogen-bond donors (Lipinski definition) is 2. The number of aliphatic hydroxyl groups excluding tert-OH is 1. The van der Waals surface area contributed by atoms with Crippen molar-refractivity contribution in [2.75, 3.05) is 0 Å². The SMILES string of the molecule is CC(C)(CC=O)CCCCCCCCCC(C)(C)CC(O)O. The van der Waals surface area contributed by atoms with E-state index in [-0.39, 0.29) is 10.8 Å². The highest BCUT2D eigenvalue weighted by molar-refractivity contribution is 5.50. The van der Waals surface area contributed by atoms with Gasteiger partial charge in [-0.15, -0.1) is 0 Å². The molecule has 3 nitrogen and oxygen atoms in total. The molecule has 0 saturated heterocycles. The Morgan fingerprint density at radius 1 is 0.773 bits per heavy atom. The number of carbonyl (C=O) groups is 1. The van der Waals surface area contributed by atoms with Crippen molar-refractivity contribution < 1.29 is 15.0 Å². The normalized spacial score (nSPS) is 12.9. The second-order valence-corrected chi connectivity index (χ2v) is 8.36. The largest absolute Gasteiger partial charge is 0.368 e. The molecular formula is C19H38O3. The average Bonchev–Trinajstić information content (AvgIpc) is 2.34. The second-order valence-electron chi connectivity index (χ2n) is 8.36. The molecule has 0 radical (unpaired) electrons. The van der Waals surface area contributed by atoms with Crippen LogP contribution >= 0.6 is 0 Å². The van der Waals surface area contributed by atoms with Crippen LogP contribution in [0.25, 0.3) is 0 Å². The van der Waals surface area contributed by atoms with Crippen LogP contribution in [0.15, 0.2) is 0 Å². The molecule has 0 aromatic rings. The van der Waals surface area contributed by atoms with Crippen molar-refractivity contribution >= 4 is 6.29 Å². The molecule has 132 valence electrons. The van der Waals surface area contributed by atoms with Crippen molar-refractivity contribution in [2.24, 2.45) is 10.8 Å². The third-order valence-electron chi connectivity index (χ3n) is 4.58. The lowest BCUT2D eigenvalue weighted by Crippen LogP contribution is -2.20. The number of aldehydes is 1. The summed E-state index contributed by atoms with van der Waals surface area (Å²) in [4.78, 5) is 10.6. The minimum Gasteiger partial charge on any atom is -0.368 e. The van der Waals surface area contributed by atoms with Gasteiger partial charge in [0.05, 0.1) is 0 Å². The number of aliphatic hydroxyl groups is 2. The molecule has 0 atom stereocenters. The van der Waals surface area contributed by atoms with Crippen LogP contribution < -0.4 is 0 Å². The highest BCUT2D eigenvalue weighted by Gasteiger charge is 2.20. The van der Waals surface area contributed by atoms with Crippen LogP contribution in [0.5, 0.6) is 0 Å². The molecule has 22 heavy (non-hydrogen) atoms. The monoisotopic (exact) mass is 314 g/mol. The van der Waals surface area contributed by atoms with Gasteiger partial charge in [-0.2, -0.15) is 0 Å². The molecule has 3 heteroatoms. The Kier molecular flexibility index (Phi) is 11.0. The summed E-state index contributed by atoms with van der Waals surface area (Å²) in [5, 5.41) is 18.1. The second kappa shape index (κ2) is 11.2. The first-order valence-electron chi connectivity index (χ1n) is 8.98. The van der Waals surface area contributed by atoms with Gasteiger partial charge in [0.2, 0.25) is 0 Å². The summed E-state index contributed by atoms with van der Waals surface area (Å²) in [7, 11) is 0. The Morgan fingerprint density at radius 2 is 1.18 bits per heavy atom. The van der Waals surface area contributed by atoms with E-state index in [4.69, 9.17) is 10.2 Å². The fourth-order valence-electron chi connectivity index (χ4n) is 3.01. The van der Waals surface area contributed by atoms with Crippen molar-refractivity contribution in [2.45, 2.75) is 105 Å². The number of unbranched alkanes of at least 4 members (excludes halogenated alkanes) is 6. The molecule has 0 spiro atoms. The first-order chi connectivity index (χ1) is 10.2. The van der Waals surface area contributed by atoms with Crippen LogP contribution in [0.3, 0.4) is 0 Å². The van der Waals surface area contributed by atoms with Crippen LogP contribution in [0, 0.1) is 10.8 Å². The first kappa shape index (κ1) is 21.6. The zero-order valence-corrected chi connectivity index (χ0v) is 15.2. The maximum absolute atomic E-state index is 10.6. The molecule has 0 unspecified atom stereocenters. The Morgan fingerprint density at radius 3 is 1.59 bits per heavy atom. The summed E-state index contributed by atoms with van der Waals surface area (Å²) in [5.74, 6) is 0. The summed E-state index contributed by atoms with van der Waals surface area (Å²) in [6, 6.07) is 0. The van der Waals surface area contributed by atoms with Crippen LogP contribution in [-0.2, 0) is 4.79 Å². The summed E-state index contributed by atoms with van der Waals surface area (Å²) >= 11 is 0. The van der Waals surface area contributed by atoms with Crippen molar-refractivity contribution in [1.29, 1.82) is 0 Å².